The maximum Gasteiger partial charge on any atom is 0.115 e. The molecule has 0 aliphatic rings. The molecule has 3 heteroatoms. The fourth-order valence-electron chi connectivity index (χ4n) is 2.11. The lowest BCUT2D eigenvalue weighted by Crippen LogP contribution is -2.34. The monoisotopic (exact) mass is 242 g/mol. The highest BCUT2D eigenvalue weighted by Gasteiger charge is 2.25. The van der Waals surface area contributed by atoms with Gasteiger partial charge in [0.25, 0.3) is 0 Å². The summed E-state index contributed by atoms with van der Waals surface area (Å²) in [5.74, 6) is 0.280. The third-order valence-electron chi connectivity index (χ3n) is 3.36. The van der Waals surface area contributed by atoms with Gasteiger partial charge in [0.05, 0.1) is 0 Å². The van der Waals surface area contributed by atoms with Crippen LogP contribution in [0.5, 0.6) is 5.75 Å². The summed E-state index contributed by atoms with van der Waals surface area (Å²) in [6.45, 7) is 2.69. The molecule has 0 spiro atoms. The van der Waals surface area contributed by atoms with Gasteiger partial charge in [-0.15, -0.1) is 0 Å². The van der Waals surface area contributed by atoms with Crippen LogP contribution in [0.4, 0.5) is 0 Å². The first-order valence-electron chi connectivity index (χ1n) is 6.02. The van der Waals surface area contributed by atoms with Gasteiger partial charge in [0.15, 0.2) is 0 Å². The molecule has 0 saturated heterocycles. The van der Waals surface area contributed by atoms with E-state index in [0.717, 1.165) is 12.0 Å². The molecule has 18 heavy (non-hydrogen) atoms. The summed E-state index contributed by atoms with van der Waals surface area (Å²) in [4.78, 5) is 4.02. The first-order valence-corrected chi connectivity index (χ1v) is 6.02. The van der Waals surface area contributed by atoms with E-state index in [9.17, 15) is 5.11 Å². The molecular formula is C15H18N2O. The highest BCUT2D eigenvalue weighted by Crippen LogP contribution is 2.28. The molecule has 1 aromatic carbocycles. The van der Waals surface area contributed by atoms with Crippen molar-refractivity contribution in [3.63, 3.8) is 0 Å². The number of hydrogen-bond donors (Lipinski definition) is 2. The Bertz CT molecular complexity index is 496. The van der Waals surface area contributed by atoms with E-state index in [1.807, 2.05) is 24.3 Å². The molecule has 1 atom stereocenters. The zero-order valence-electron chi connectivity index (χ0n) is 10.5. The summed E-state index contributed by atoms with van der Waals surface area (Å²) >= 11 is 0. The second kappa shape index (κ2) is 5.19. The second-order valence-corrected chi connectivity index (χ2v) is 4.84. The zero-order valence-corrected chi connectivity index (χ0v) is 10.5. The summed E-state index contributed by atoms with van der Waals surface area (Å²) in [6, 6.07) is 11.3. The molecule has 2 aromatic rings. The van der Waals surface area contributed by atoms with E-state index in [4.69, 9.17) is 5.73 Å². The van der Waals surface area contributed by atoms with Crippen LogP contribution in [0.3, 0.4) is 0 Å². The van der Waals surface area contributed by atoms with Gasteiger partial charge < -0.3 is 10.8 Å². The van der Waals surface area contributed by atoms with Gasteiger partial charge in [0.2, 0.25) is 0 Å². The van der Waals surface area contributed by atoms with Crippen LogP contribution in [0.15, 0.2) is 48.8 Å². The molecule has 0 aliphatic heterocycles. The molecular weight excluding hydrogens is 224 g/mol. The summed E-state index contributed by atoms with van der Waals surface area (Å²) in [5.41, 5.74) is 8.17. The standard InChI is InChI=1S/C15H18N2O/c1-15(11-16,10-12-6-8-17-9-7-12)13-2-4-14(18)5-3-13/h2-9,18H,10-11,16H2,1H3. The third-order valence-corrected chi connectivity index (χ3v) is 3.36. The van der Waals surface area contributed by atoms with Gasteiger partial charge in [-0.2, -0.15) is 0 Å². The molecule has 3 nitrogen and oxygen atoms in total. The molecule has 1 heterocycles. The highest BCUT2D eigenvalue weighted by molar-refractivity contribution is 5.33. The van der Waals surface area contributed by atoms with E-state index >= 15 is 0 Å². The Morgan fingerprint density at radius 2 is 1.72 bits per heavy atom. The molecule has 3 N–H and O–H groups in total. The van der Waals surface area contributed by atoms with Crippen LogP contribution in [-0.4, -0.2) is 16.6 Å². The van der Waals surface area contributed by atoms with E-state index in [1.54, 1.807) is 24.5 Å². The SMILES string of the molecule is CC(CN)(Cc1ccncc1)c1ccc(O)cc1. The molecule has 94 valence electrons. The van der Waals surface area contributed by atoms with Gasteiger partial charge in [-0.3, -0.25) is 4.98 Å². The summed E-state index contributed by atoms with van der Waals surface area (Å²) < 4.78 is 0. The molecule has 0 radical (unpaired) electrons. The van der Waals surface area contributed by atoms with E-state index < -0.39 is 0 Å². The second-order valence-electron chi connectivity index (χ2n) is 4.84. The predicted molar refractivity (Wildman–Crippen MR) is 72.5 cm³/mol. The van der Waals surface area contributed by atoms with Crippen molar-refractivity contribution in [3.05, 3.63) is 59.9 Å². The normalized spacial score (nSPS) is 14.1. The van der Waals surface area contributed by atoms with Crippen LogP contribution in [-0.2, 0) is 11.8 Å². The van der Waals surface area contributed by atoms with Crippen LogP contribution in [0.1, 0.15) is 18.1 Å². The fourth-order valence-corrected chi connectivity index (χ4v) is 2.11. The minimum Gasteiger partial charge on any atom is -0.508 e. The summed E-state index contributed by atoms with van der Waals surface area (Å²) in [7, 11) is 0. The lowest BCUT2D eigenvalue weighted by molar-refractivity contribution is 0.466. The topological polar surface area (TPSA) is 59.1 Å². The number of nitrogens with zero attached hydrogens (tertiary/aromatic N) is 1. The number of hydrogen-bond acceptors (Lipinski definition) is 3. The minimum absolute atomic E-state index is 0.130. The maximum atomic E-state index is 9.35. The van der Waals surface area contributed by atoms with Gasteiger partial charge in [0, 0.05) is 24.4 Å². The van der Waals surface area contributed by atoms with Crippen molar-refractivity contribution in [3.8, 4) is 5.75 Å². The van der Waals surface area contributed by atoms with Gasteiger partial charge in [-0.25, -0.2) is 0 Å². The van der Waals surface area contributed by atoms with Crippen LogP contribution < -0.4 is 5.73 Å². The quantitative estimate of drug-likeness (QED) is 0.864. The largest absolute Gasteiger partial charge is 0.508 e. The van der Waals surface area contributed by atoms with Crippen LogP contribution in [0.2, 0.25) is 0 Å². The number of phenolic OH excluding ortho intramolecular Hbond substituents is 1. The summed E-state index contributed by atoms with van der Waals surface area (Å²) in [6.07, 6.45) is 4.45. The number of rotatable bonds is 4. The lowest BCUT2D eigenvalue weighted by Gasteiger charge is -2.29. The number of aromatic hydroxyl groups is 1. The first-order chi connectivity index (χ1) is 8.64. The number of phenols is 1. The van der Waals surface area contributed by atoms with Crippen molar-refractivity contribution < 1.29 is 5.11 Å². The Hall–Kier alpha value is -1.87. The fraction of sp³-hybridized carbons (Fsp3) is 0.267. The molecule has 0 saturated carbocycles. The number of pyridine rings is 1. The van der Waals surface area contributed by atoms with Crippen molar-refractivity contribution in [1.82, 2.24) is 4.98 Å². The van der Waals surface area contributed by atoms with Crippen LogP contribution in [0, 0.1) is 0 Å². The summed E-state index contributed by atoms with van der Waals surface area (Å²) in [5, 5.41) is 9.35. The Morgan fingerprint density at radius 1 is 1.11 bits per heavy atom. The molecule has 0 amide bonds. The molecule has 2 rings (SSSR count). The minimum atomic E-state index is -0.130. The Balaban J connectivity index is 2.28. The Labute approximate surface area is 107 Å². The Morgan fingerprint density at radius 3 is 2.28 bits per heavy atom. The predicted octanol–water partition coefficient (Wildman–Crippen LogP) is 2.25. The lowest BCUT2D eigenvalue weighted by atomic mass is 9.77. The van der Waals surface area contributed by atoms with Crippen molar-refractivity contribution in [1.29, 1.82) is 0 Å². The van der Waals surface area contributed by atoms with Crippen LogP contribution >= 0.6 is 0 Å². The maximum absolute atomic E-state index is 9.35. The van der Waals surface area contributed by atoms with Gasteiger partial charge in [0.1, 0.15) is 5.75 Å². The zero-order chi connectivity index (χ0) is 13.0. The van der Waals surface area contributed by atoms with Crippen molar-refractivity contribution >= 4 is 0 Å². The van der Waals surface area contributed by atoms with Gasteiger partial charge in [-0.1, -0.05) is 19.1 Å². The molecule has 0 fully saturated rings. The van der Waals surface area contributed by atoms with Crippen molar-refractivity contribution in [2.45, 2.75) is 18.8 Å². The average Bonchev–Trinajstić information content (AvgIpc) is 2.40. The van der Waals surface area contributed by atoms with Crippen molar-refractivity contribution in [2.75, 3.05) is 6.54 Å². The van der Waals surface area contributed by atoms with E-state index in [1.165, 1.54) is 5.56 Å². The van der Waals surface area contributed by atoms with Gasteiger partial charge in [-0.05, 0) is 41.8 Å². The third kappa shape index (κ3) is 2.68. The van der Waals surface area contributed by atoms with E-state index in [0.29, 0.717) is 6.54 Å². The van der Waals surface area contributed by atoms with E-state index in [-0.39, 0.29) is 11.2 Å². The highest BCUT2D eigenvalue weighted by atomic mass is 16.3. The van der Waals surface area contributed by atoms with E-state index in [2.05, 4.69) is 11.9 Å². The Kier molecular flexibility index (Phi) is 3.63. The smallest absolute Gasteiger partial charge is 0.115 e. The molecule has 0 bridgehead atoms. The van der Waals surface area contributed by atoms with Crippen LogP contribution in [0.25, 0.3) is 0 Å². The molecule has 1 unspecified atom stereocenters. The van der Waals surface area contributed by atoms with Gasteiger partial charge >= 0.3 is 0 Å². The number of nitrogens with two attached hydrogens (primary N) is 1. The average molecular weight is 242 g/mol. The first kappa shape index (κ1) is 12.6. The molecule has 1 aromatic heterocycles. The number of benzene rings is 1. The number of aromatic nitrogens is 1. The molecule has 0 aliphatic carbocycles. The van der Waals surface area contributed by atoms with Crippen molar-refractivity contribution in [2.24, 2.45) is 5.73 Å².